The molecular weight excluding hydrogens is 476 g/mol. The second kappa shape index (κ2) is 9.93. The summed E-state index contributed by atoms with van der Waals surface area (Å²) in [4.78, 5) is 16.8. The molecule has 6 nitrogen and oxygen atoms in total. The number of nitrogens with zero attached hydrogens (tertiary/aromatic N) is 3. The fourth-order valence-corrected chi connectivity index (χ4v) is 4.99. The number of likely N-dealkylation sites (tertiary alicyclic amines) is 1. The highest BCUT2D eigenvalue weighted by Gasteiger charge is 2.36. The zero-order chi connectivity index (χ0) is 25.3. The molecule has 5 rings (SSSR count). The van der Waals surface area contributed by atoms with Gasteiger partial charge in [0.2, 0.25) is 0 Å². The molecule has 2 aliphatic heterocycles. The first kappa shape index (κ1) is 24.3. The number of nitrogens with one attached hydrogen (secondary N) is 1. The van der Waals surface area contributed by atoms with Gasteiger partial charge in [0.15, 0.2) is 0 Å². The maximum Gasteiger partial charge on any atom is 0.416 e. The smallest absolute Gasteiger partial charge is 0.378 e. The normalized spacial score (nSPS) is 21.0. The molecule has 3 heterocycles. The van der Waals surface area contributed by atoms with Crippen LogP contribution >= 0.6 is 0 Å². The predicted molar refractivity (Wildman–Crippen MR) is 125 cm³/mol. The van der Waals surface area contributed by atoms with Crippen molar-refractivity contribution in [3.63, 3.8) is 0 Å². The Bertz CT molecular complexity index is 1220. The highest BCUT2D eigenvalue weighted by Crippen LogP contribution is 2.38. The SMILES string of the molecule is O=C(N1CCOCC1)N1CC(c2cccc(C(F)(F)F)c2)CC(c2cc(-c3cccc(F)c3)n[nH]2)C1. The Labute approximate surface area is 205 Å². The summed E-state index contributed by atoms with van der Waals surface area (Å²) in [5.74, 6) is -0.850. The molecule has 0 radical (unpaired) electrons. The molecule has 2 amide bonds. The molecule has 1 aromatic heterocycles. The second-order valence-electron chi connectivity index (χ2n) is 9.26. The molecule has 2 fully saturated rings. The molecule has 36 heavy (non-hydrogen) atoms. The van der Waals surface area contributed by atoms with E-state index in [0.717, 1.165) is 11.8 Å². The van der Waals surface area contributed by atoms with Crippen molar-refractivity contribution in [1.29, 1.82) is 0 Å². The van der Waals surface area contributed by atoms with E-state index in [2.05, 4.69) is 10.2 Å². The summed E-state index contributed by atoms with van der Waals surface area (Å²) >= 11 is 0. The van der Waals surface area contributed by atoms with Crippen LogP contribution in [0.4, 0.5) is 22.4 Å². The van der Waals surface area contributed by atoms with Crippen LogP contribution in [0.1, 0.15) is 35.1 Å². The van der Waals surface area contributed by atoms with Gasteiger partial charge in [-0.05, 0) is 36.2 Å². The van der Waals surface area contributed by atoms with Crippen LogP contribution in [0.5, 0.6) is 0 Å². The summed E-state index contributed by atoms with van der Waals surface area (Å²) in [6.07, 6.45) is -3.91. The van der Waals surface area contributed by atoms with E-state index in [1.165, 1.54) is 24.3 Å². The monoisotopic (exact) mass is 502 g/mol. The Morgan fingerprint density at radius 1 is 0.972 bits per heavy atom. The summed E-state index contributed by atoms with van der Waals surface area (Å²) in [5, 5.41) is 7.35. The third-order valence-electron chi connectivity index (χ3n) is 6.85. The van der Waals surface area contributed by atoms with Crippen LogP contribution in [0, 0.1) is 5.82 Å². The molecule has 0 saturated carbocycles. The fourth-order valence-electron chi connectivity index (χ4n) is 4.99. The standard InChI is InChI=1S/C26H26F4N4O2/c27-22-6-2-4-18(13-22)23-14-24(32-31-23)20-11-19(17-3-1-5-21(12-17)26(28,29)30)15-34(16-20)25(35)33-7-9-36-10-8-33/h1-6,12-14,19-20H,7-11,15-16H2,(H,31,32). The van der Waals surface area contributed by atoms with Crippen LogP contribution in [0.15, 0.2) is 54.6 Å². The molecule has 2 unspecified atom stereocenters. The summed E-state index contributed by atoms with van der Waals surface area (Å²) in [5.41, 5.74) is 1.77. The summed E-state index contributed by atoms with van der Waals surface area (Å²) in [6.45, 7) is 2.58. The van der Waals surface area contributed by atoms with E-state index in [4.69, 9.17) is 4.74 Å². The molecular formula is C26H26F4N4O2. The van der Waals surface area contributed by atoms with Gasteiger partial charge in [-0.25, -0.2) is 9.18 Å². The number of ether oxygens (including phenoxy) is 1. The number of alkyl halides is 3. The van der Waals surface area contributed by atoms with Crippen molar-refractivity contribution in [2.45, 2.75) is 24.4 Å². The van der Waals surface area contributed by atoms with Gasteiger partial charge in [-0.1, -0.05) is 30.3 Å². The number of benzene rings is 2. The number of hydrogen-bond acceptors (Lipinski definition) is 3. The Balaban J connectivity index is 1.44. The molecule has 2 aliphatic rings. The second-order valence-corrected chi connectivity index (χ2v) is 9.26. The molecule has 2 saturated heterocycles. The van der Waals surface area contributed by atoms with E-state index in [9.17, 15) is 22.4 Å². The van der Waals surface area contributed by atoms with E-state index in [-0.39, 0.29) is 23.7 Å². The molecule has 1 N–H and O–H groups in total. The highest BCUT2D eigenvalue weighted by atomic mass is 19.4. The summed E-state index contributed by atoms with van der Waals surface area (Å²) in [6, 6.07) is 13.1. The topological polar surface area (TPSA) is 61.5 Å². The number of morpholine rings is 1. The quantitative estimate of drug-likeness (QED) is 0.497. The van der Waals surface area contributed by atoms with Crippen LogP contribution in [0.3, 0.4) is 0 Å². The first-order valence-electron chi connectivity index (χ1n) is 11.9. The lowest BCUT2D eigenvalue weighted by molar-refractivity contribution is -0.137. The Hall–Kier alpha value is -3.40. The van der Waals surface area contributed by atoms with Crippen molar-refractivity contribution in [1.82, 2.24) is 20.0 Å². The van der Waals surface area contributed by atoms with E-state index in [1.807, 2.05) is 6.07 Å². The number of piperidine rings is 1. The number of amides is 2. The van der Waals surface area contributed by atoms with Crippen molar-refractivity contribution >= 4 is 6.03 Å². The van der Waals surface area contributed by atoms with Crippen LogP contribution in [0.2, 0.25) is 0 Å². The first-order valence-corrected chi connectivity index (χ1v) is 11.9. The van der Waals surface area contributed by atoms with E-state index >= 15 is 0 Å². The lowest BCUT2D eigenvalue weighted by atomic mass is 9.82. The lowest BCUT2D eigenvalue weighted by Gasteiger charge is -2.41. The average Bonchev–Trinajstić information content (AvgIpc) is 3.39. The van der Waals surface area contributed by atoms with Crippen molar-refractivity contribution in [3.8, 4) is 11.3 Å². The third-order valence-corrected chi connectivity index (χ3v) is 6.85. The first-order chi connectivity index (χ1) is 17.3. The van der Waals surface area contributed by atoms with Crippen LogP contribution < -0.4 is 0 Å². The van der Waals surface area contributed by atoms with Crippen molar-refractivity contribution < 1.29 is 27.1 Å². The number of carbonyl (C=O) groups excluding carboxylic acids is 1. The Morgan fingerprint density at radius 2 is 1.72 bits per heavy atom. The lowest BCUT2D eigenvalue weighted by Crippen LogP contribution is -2.52. The van der Waals surface area contributed by atoms with Crippen molar-refractivity contribution in [3.05, 3.63) is 77.2 Å². The Kier molecular flexibility index (Phi) is 6.70. The third kappa shape index (κ3) is 5.23. The molecule has 190 valence electrons. The number of rotatable bonds is 3. The number of urea groups is 1. The van der Waals surface area contributed by atoms with Gasteiger partial charge in [0, 0.05) is 49.3 Å². The van der Waals surface area contributed by atoms with Gasteiger partial charge in [0.1, 0.15) is 5.82 Å². The van der Waals surface area contributed by atoms with Gasteiger partial charge in [0.05, 0.1) is 24.5 Å². The number of aromatic nitrogens is 2. The molecule has 2 aromatic carbocycles. The minimum absolute atomic E-state index is 0.148. The van der Waals surface area contributed by atoms with Crippen LogP contribution in [-0.2, 0) is 10.9 Å². The van der Waals surface area contributed by atoms with Gasteiger partial charge in [0.25, 0.3) is 0 Å². The van der Waals surface area contributed by atoms with E-state index < -0.39 is 11.7 Å². The molecule has 3 aromatic rings. The maximum absolute atomic E-state index is 13.7. The number of aromatic amines is 1. The van der Waals surface area contributed by atoms with Crippen molar-refractivity contribution in [2.75, 3.05) is 39.4 Å². The summed E-state index contributed by atoms with van der Waals surface area (Å²) < 4.78 is 59.2. The Morgan fingerprint density at radius 3 is 2.47 bits per heavy atom. The van der Waals surface area contributed by atoms with E-state index in [1.54, 1.807) is 28.0 Å². The van der Waals surface area contributed by atoms with Crippen LogP contribution in [-0.4, -0.2) is 65.4 Å². The number of H-pyrrole nitrogens is 1. The molecule has 0 aliphatic carbocycles. The largest absolute Gasteiger partial charge is 0.416 e. The number of carbonyl (C=O) groups is 1. The van der Waals surface area contributed by atoms with E-state index in [0.29, 0.717) is 62.6 Å². The van der Waals surface area contributed by atoms with Crippen molar-refractivity contribution in [2.24, 2.45) is 0 Å². The minimum atomic E-state index is -4.45. The van der Waals surface area contributed by atoms with Gasteiger partial charge in [-0.3, -0.25) is 5.10 Å². The fraction of sp³-hybridized carbons (Fsp3) is 0.385. The minimum Gasteiger partial charge on any atom is -0.378 e. The van der Waals surface area contributed by atoms with Gasteiger partial charge in [-0.15, -0.1) is 0 Å². The summed E-state index contributed by atoms with van der Waals surface area (Å²) in [7, 11) is 0. The molecule has 0 spiro atoms. The molecule has 0 bridgehead atoms. The van der Waals surface area contributed by atoms with Gasteiger partial charge < -0.3 is 14.5 Å². The number of halogens is 4. The van der Waals surface area contributed by atoms with Gasteiger partial charge in [-0.2, -0.15) is 18.3 Å². The zero-order valence-corrected chi connectivity index (χ0v) is 19.5. The van der Waals surface area contributed by atoms with Crippen LogP contribution in [0.25, 0.3) is 11.3 Å². The highest BCUT2D eigenvalue weighted by molar-refractivity contribution is 5.75. The predicted octanol–water partition coefficient (Wildman–Crippen LogP) is 5.26. The molecule has 2 atom stereocenters. The number of hydrogen-bond donors (Lipinski definition) is 1. The maximum atomic E-state index is 13.7. The van der Waals surface area contributed by atoms with Gasteiger partial charge >= 0.3 is 12.2 Å². The molecule has 10 heteroatoms. The zero-order valence-electron chi connectivity index (χ0n) is 19.5. The average molecular weight is 503 g/mol.